The van der Waals surface area contributed by atoms with Crippen molar-refractivity contribution in [2.75, 3.05) is 6.54 Å². The summed E-state index contributed by atoms with van der Waals surface area (Å²) < 4.78 is 0.864. The van der Waals surface area contributed by atoms with Crippen molar-refractivity contribution in [3.8, 4) is 0 Å². The lowest BCUT2D eigenvalue weighted by Gasteiger charge is -2.26. The molecule has 0 unspecified atom stereocenters. The number of aromatic amines is 1. The minimum atomic E-state index is -0.306. The molecule has 1 aromatic heterocycles. The topological polar surface area (TPSA) is 70.9 Å². The van der Waals surface area contributed by atoms with Crippen LogP contribution in [0.1, 0.15) is 37.2 Å². The van der Waals surface area contributed by atoms with Gasteiger partial charge in [-0.05, 0) is 34.8 Å². The summed E-state index contributed by atoms with van der Waals surface area (Å²) in [6.07, 6.45) is 3.42. The fourth-order valence-corrected chi connectivity index (χ4v) is 1.69. The number of hydrogen-bond donors (Lipinski definition) is 3. The van der Waals surface area contributed by atoms with E-state index in [0.29, 0.717) is 12.2 Å². The molecule has 0 bridgehead atoms. The molecule has 4 nitrogen and oxygen atoms in total. The van der Waals surface area contributed by atoms with Crippen LogP contribution >= 0.6 is 15.9 Å². The van der Waals surface area contributed by atoms with Gasteiger partial charge < -0.3 is 16.0 Å². The van der Waals surface area contributed by atoms with E-state index in [1.165, 1.54) is 0 Å². The van der Waals surface area contributed by atoms with Crippen molar-refractivity contribution >= 4 is 21.8 Å². The molecule has 0 saturated carbocycles. The van der Waals surface area contributed by atoms with Gasteiger partial charge in [0.2, 0.25) is 0 Å². The van der Waals surface area contributed by atoms with E-state index in [1.54, 1.807) is 12.3 Å². The Hall–Kier alpha value is -0.810. The number of hydrogen-bond acceptors (Lipinski definition) is 2. The molecule has 1 rings (SSSR count). The zero-order valence-electron chi connectivity index (χ0n) is 9.64. The van der Waals surface area contributed by atoms with E-state index in [-0.39, 0.29) is 11.4 Å². The van der Waals surface area contributed by atoms with Crippen LogP contribution in [0.3, 0.4) is 0 Å². The van der Waals surface area contributed by atoms with Crippen molar-refractivity contribution in [3.05, 3.63) is 22.4 Å². The van der Waals surface area contributed by atoms with Crippen LogP contribution in [0.4, 0.5) is 0 Å². The van der Waals surface area contributed by atoms with Crippen LogP contribution in [0, 0.1) is 0 Å². The molecule has 0 saturated heterocycles. The van der Waals surface area contributed by atoms with Crippen LogP contribution in [0.5, 0.6) is 0 Å². The van der Waals surface area contributed by atoms with Crippen LogP contribution in [0.2, 0.25) is 0 Å². The van der Waals surface area contributed by atoms with Gasteiger partial charge in [0, 0.05) is 22.8 Å². The van der Waals surface area contributed by atoms with Gasteiger partial charge in [0.25, 0.3) is 5.91 Å². The average Bonchev–Trinajstić information content (AvgIpc) is 2.72. The molecule has 0 spiro atoms. The van der Waals surface area contributed by atoms with Crippen molar-refractivity contribution in [3.63, 3.8) is 0 Å². The fourth-order valence-electron chi connectivity index (χ4n) is 1.35. The van der Waals surface area contributed by atoms with Gasteiger partial charge in [-0.25, -0.2) is 0 Å². The third kappa shape index (κ3) is 3.35. The number of rotatable bonds is 5. The number of aromatic nitrogens is 1. The first-order chi connectivity index (χ1) is 7.50. The van der Waals surface area contributed by atoms with Crippen LogP contribution < -0.4 is 11.1 Å². The maximum absolute atomic E-state index is 11.7. The molecule has 0 radical (unpaired) electrons. The van der Waals surface area contributed by atoms with Crippen molar-refractivity contribution in [2.24, 2.45) is 5.73 Å². The standard InChI is InChI=1S/C11H18BrN3O/c1-3-11(13,4-2)7-15-10(16)9-5-8(12)6-14-9/h5-6,14H,3-4,7,13H2,1-2H3,(H,15,16). The molecule has 1 heterocycles. The van der Waals surface area contributed by atoms with E-state index in [0.717, 1.165) is 17.3 Å². The van der Waals surface area contributed by atoms with Crippen molar-refractivity contribution < 1.29 is 4.79 Å². The maximum atomic E-state index is 11.7. The van der Waals surface area contributed by atoms with Gasteiger partial charge in [0.05, 0.1) is 0 Å². The van der Waals surface area contributed by atoms with E-state index in [2.05, 4.69) is 26.2 Å². The zero-order valence-corrected chi connectivity index (χ0v) is 11.2. The van der Waals surface area contributed by atoms with Crippen molar-refractivity contribution in [2.45, 2.75) is 32.2 Å². The SMILES string of the molecule is CCC(N)(CC)CNC(=O)c1cc(Br)c[nH]1. The average molecular weight is 288 g/mol. The van der Waals surface area contributed by atoms with E-state index >= 15 is 0 Å². The first kappa shape index (κ1) is 13.3. The van der Waals surface area contributed by atoms with E-state index < -0.39 is 0 Å². The second-order valence-electron chi connectivity index (χ2n) is 3.98. The summed E-state index contributed by atoms with van der Waals surface area (Å²) in [5.74, 6) is -0.123. The lowest BCUT2D eigenvalue weighted by Crippen LogP contribution is -2.49. The van der Waals surface area contributed by atoms with Gasteiger partial charge in [0.1, 0.15) is 5.69 Å². The summed E-state index contributed by atoms with van der Waals surface area (Å²) in [6, 6.07) is 1.74. The molecule has 16 heavy (non-hydrogen) atoms. The van der Waals surface area contributed by atoms with E-state index in [9.17, 15) is 4.79 Å². The second kappa shape index (κ2) is 5.50. The Labute approximate surface area is 104 Å². The third-order valence-electron chi connectivity index (χ3n) is 2.90. The fraction of sp³-hybridized carbons (Fsp3) is 0.545. The first-order valence-electron chi connectivity index (χ1n) is 5.41. The van der Waals surface area contributed by atoms with Crippen molar-refractivity contribution in [1.29, 1.82) is 0 Å². The molecule has 1 aromatic rings. The number of halogens is 1. The van der Waals surface area contributed by atoms with Crippen molar-refractivity contribution in [1.82, 2.24) is 10.3 Å². The number of amides is 1. The van der Waals surface area contributed by atoms with Crippen LogP contribution in [-0.2, 0) is 0 Å². The Morgan fingerprint density at radius 2 is 2.19 bits per heavy atom. The van der Waals surface area contributed by atoms with Gasteiger partial charge in [-0.1, -0.05) is 13.8 Å². The Morgan fingerprint density at radius 1 is 1.56 bits per heavy atom. The lowest BCUT2D eigenvalue weighted by molar-refractivity contribution is 0.0938. The van der Waals surface area contributed by atoms with Gasteiger partial charge in [-0.3, -0.25) is 4.79 Å². The van der Waals surface area contributed by atoms with Crippen LogP contribution in [0.25, 0.3) is 0 Å². The quantitative estimate of drug-likeness (QED) is 0.775. The van der Waals surface area contributed by atoms with Crippen LogP contribution in [0.15, 0.2) is 16.7 Å². The summed E-state index contributed by atoms with van der Waals surface area (Å²) in [6.45, 7) is 4.55. The molecular weight excluding hydrogens is 270 g/mol. The highest BCUT2D eigenvalue weighted by atomic mass is 79.9. The predicted molar refractivity (Wildman–Crippen MR) is 68.3 cm³/mol. The number of nitrogens with two attached hydrogens (primary N) is 1. The van der Waals surface area contributed by atoms with E-state index in [1.807, 2.05) is 13.8 Å². The number of carbonyl (C=O) groups excluding carboxylic acids is 1. The molecule has 0 aliphatic heterocycles. The molecule has 0 aliphatic rings. The van der Waals surface area contributed by atoms with E-state index in [4.69, 9.17) is 5.73 Å². The normalized spacial score (nSPS) is 11.5. The molecule has 4 N–H and O–H groups in total. The molecular formula is C11H18BrN3O. The summed E-state index contributed by atoms with van der Waals surface area (Å²) in [4.78, 5) is 14.6. The smallest absolute Gasteiger partial charge is 0.267 e. The van der Waals surface area contributed by atoms with Gasteiger partial charge in [-0.15, -0.1) is 0 Å². The van der Waals surface area contributed by atoms with Crippen LogP contribution in [-0.4, -0.2) is 23.0 Å². The minimum Gasteiger partial charge on any atom is -0.356 e. The molecule has 1 amide bonds. The summed E-state index contributed by atoms with van der Waals surface area (Å²) >= 11 is 3.28. The van der Waals surface area contributed by atoms with Gasteiger partial charge >= 0.3 is 0 Å². The van der Waals surface area contributed by atoms with Gasteiger partial charge in [0.15, 0.2) is 0 Å². The highest BCUT2D eigenvalue weighted by Gasteiger charge is 2.21. The molecule has 90 valence electrons. The Morgan fingerprint density at radius 3 is 2.62 bits per heavy atom. The predicted octanol–water partition coefficient (Wildman–Crippen LogP) is 2.02. The minimum absolute atomic E-state index is 0.123. The molecule has 0 atom stereocenters. The van der Waals surface area contributed by atoms with Gasteiger partial charge in [-0.2, -0.15) is 0 Å². The maximum Gasteiger partial charge on any atom is 0.267 e. The Kier molecular flexibility index (Phi) is 4.56. The first-order valence-corrected chi connectivity index (χ1v) is 6.21. The summed E-state index contributed by atoms with van der Waals surface area (Å²) in [5, 5.41) is 2.84. The molecule has 0 aromatic carbocycles. The zero-order chi connectivity index (χ0) is 12.2. The molecule has 5 heteroatoms. The molecule has 0 aliphatic carbocycles. The summed E-state index contributed by atoms with van der Waals surface area (Å²) in [5.41, 5.74) is 6.33. The Bertz CT molecular complexity index is 358. The number of carbonyl (C=O) groups is 1. The second-order valence-corrected chi connectivity index (χ2v) is 4.90. The largest absolute Gasteiger partial charge is 0.356 e. The monoisotopic (exact) mass is 287 g/mol. The Balaban J connectivity index is 2.53. The number of nitrogens with one attached hydrogen (secondary N) is 2. The lowest BCUT2D eigenvalue weighted by atomic mass is 9.94. The summed E-state index contributed by atoms with van der Waals surface area (Å²) in [7, 11) is 0. The molecule has 0 fully saturated rings. The number of H-pyrrole nitrogens is 1. The highest BCUT2D eigenvalue weighted by Crippen LogP contribution is 2.12. The highest BCUT2D eigenvalue weighted by molar-refractivity contribution is 9.10. The third-order valence-corrected chi connectivity index (χ3v) is 3.36.